The largest absolute Gasteiger partial charge is 0.0622 e. The fourth-order valence-electron chi connectivity index (χ4n) is 2.13. The quantitative estimate of drug-likeness (QED) is 0.717. The van der Waals surface area contributed by atoms with Gasteiger partial charge in [0, 0.05) is 0 Å². The maximum absolute atomic E-state index is 2.29. The van der Waals surface area contributed by atoms with E-state index in [1.165, 1.54) is 29.6 Å². The molecule has 1 aliphatic carbocycles. The minimum Gasteiger partial charge on any atom is -0.0622 e. The molecular formula is C16H17P. The van der Waals surface area contributed by atoms with Gasteiger partial charge in [0.05, 0.1) is 0 Å². The lowest BCUT2D eigenvalue weighted by atomic mass is 10.4. The Labute approximate surface area is 104 Å². The Bertz CT molecular complexity index is 420. The average Bonchev–Trinajstić information content (AvgIpc) is 3.22. The van der Waals surface area contributed by atoms with E-state index >= 15 is 0 Å². The van der Waals surface area contributed by atoms with Crippen molar-refractivity contribution < 1.29 is 0 Å². The summed E-state index contributed by atoms with van der Waals surface area (Å²) < 4.78 is 0. The van der Waals surface area contributed by atoms with Gasteiger partial charge in [-0.2, -0.15) is 0 Å². The molecule has 0 unspecified atom stereocenters. The zero-order valence-electron chi connectivity index (χ0n) is 9.92. The fraction of sp³-hybridized carbons (Fsp3) is 0.250. The van der Waals surface area contributed by atoms with Crippen molar-refractivity contribution >= 4 is 18.5 Å². The van der Waals surface area contributed by atoms with E-state index in [4.69, 9.17) is 0 Å². The molecule has 2 aromatic rings. The van der Waals surface area contributed by atoms with E-state index < -0.39 is 0 Å². The third-order valence-electron chi connectivity index (χ3n) is 3.27. The molecule has 0 aromatic heterocycles. The van der Waals surface area contributed by atoms with Crippen LogP contribution in [0, 0.1) is 5.92 Å². The molecule has 0 atom stereocenters. The average molecular weight is 240 g/mol. The fourth-order valence-corrected chi connectivity index (χ4v) is 4.80. The van der Waals surface area contributed by atoms with Crippen molar-refractivity contribution in [1.82, 2.24) is 0 Å². The van der Waals surface area contributed by atoms with Gasteiger partial charge in [-0.3, -0.25) is 0 Å². The standard InChI is InChI=1S/C16H17P/c1-3-7-15(8-4-1)17(13-14-11-12-14)16-9-5-2-6-10-16/h1-10,14H,11-13H2. The van der Waals surface area contributed by atoms with Crippen LogP contribution in [-0.4, -0.2) is 6.16 Å². The van der Waals surface area contributed by atoms with E-state index in [0.29, 0.717) is 0 Å². The normalized spacial score (nSPS) is 15.1. The monoisotopic (exact) mass is 240 g/mol. The molecule has 0 N–H and O–H groups in total. The van der Waals surface area contributed by atoms with E-state index in [1.54, 1.807) is 0 Å². The number of benzene rings is 2. The Kier molecular flexibility index (Phi) is 3.25. The summed E-state index contributed by atoms with van der Waals surface area (Å²) in [6.45, 7) is 0. The zero-order chi connectivity index (χ0) is 11.5. The minimum absolute atomic E-state index is 0.128. The summed E-state index contributed by atoms with van der Waals surface area (Å²) in [4.78, 5) is 0. The van der Waals surface area contributed by atoms with Gasteiger partial charge in [0.15, 0.2) is 0 Å². The van der Waals surface area contributed by atoms with Crippen LogP contribution in [0.2, 0.25) is 0 Å². The molecule has 86 valence electrons. The molecule has 1 saturated carbocycles. The summed E-state index contributed by atoms with van der Waals surface area (Å²) >= 11 is 0. The van der Waals surface area contributed by atoms with Crippen molar-refractivity contribution in [3.8, 4) is 0 Å². The second-order valence-electron chi connectivity index (χ2n) is 4.73. The molecule has 17 heavy (non-hydrogen) atoms. The number of hydrogen-bond acceptors (Lipinski definition) is 0. The molecule has 0 spiro atoms. The molecule has 1 heteroatoms. The third-order valence-corrected chi connectivity index (χ3v) is 6.00. The van der Waals surface area contributed by atoms with E-state index in [2.05, 4.69) is 60.7 Å². The van der Waals surface area contributed by atoms with Crippen molar-refractivity contribution in [2.75, 3.05) is 6.16 Å². The SMILES string of the molecule is c1ccc(P(CC2CC2)c2ccccc2)cc1. The second-order valence-corrected chi connectivity index (χ2v) is 6.98. The Hall–Kier alpha value is -1.13. The van der Waals surface area contributed by atoms with E-state index in [0.717, 1.165) is 5.92 Å². The summed E-state index contributed by atoms with van der Waals surface area (Å²) in [6, 6.07) is 22.1. The van der Waals surface area contributed by atoms with E-state index in [1.807, 2.05) is 0 Å². The zero-order valence-corrected chi connectivity index (χ0v) is 10.8. The van der Waals surface area contributed by atoms with Gasteiger partial charge in [0.1, 0.15) is 0 Å². The predicted molar refractivity (Wildman–Crippen MR) is 76.7 cm³/mol. The summed E-state index contributed by atoms with van der Waals surface area (Å²) in [5.41, 5.74) is 0. The van der Waals surface area contributed by atoms with Gasteiger partial charge < -0.3 is 0 Å². The lowest BCUT2D eigenvalue weighted by molar-refractivity contribution is 0.996. The van der Waals surface area contributed by atoms with Gasteiger partial charge in [-0.15, -0.1) is 0 Å². The van der Waals surface area contributed by atoms with Crippen LogP contribution in [0.3, 0.4) is 0 Å². The molecule has 0 amide bonds. The lowest BCUT2D eigenvalue weighted by Gasteiger charge is -2.18. The van der Waals surface area contributed by atoms with Crippen LogP contribution >= 0.6 is 7.92 Å². The maximum Gasteiger partial charge on any atom is -0.0195 e. The summed E-state index contributed by atoms with van der Waals surface area (Å²) in [5, 5.41) is 3.06. The molecule has 1 fully saturated rings. The predicted octanol–water partition coefficient (Wildman–Crippen LogP) is 3.53. The van der Waals surface area contributed by atoms with Crippen LogP contribution in [0.1, 0.15) is 12.8 Å². The van der Waals surface area contributed by atoms with Gasteiger partial charge in [0.2, 0.25) is 0 Å². The van der Waals surface area contributed by atoms with Gasteiger partial charge in [-0.25, -0.2) is 0 Å². The Morgan fingerprint density at radius 2 is 1.24 bits per heavy atom. The highest BCUT2D eigenvalue weighted by Gasteiger charge is 2.26. The Morgan fingerprint density at radius 3 is 1.65 bits per heavy atom. The van der Waals surface area contributed by atoms with Gasteiger partial charge >= 0.3 is 0 Å². The summed E-state index contributed by atoms with van der Waals surface area (Å²) in [5.74, 6) is 0.988. The van der Waals surface area contributed by atoms with E-state index in [9.17, 15) is 0 Å². The Balaban J connectivity index is 1.91. The molecule has 0 aliphatic heterocycles. The first-order chi connectivity index (χ1) is 8.43. The Morgan fingerprint density at radius 1 is 0.765 bits per heavy atom. The minimum atomic E-state index is -0.128. The first-order valence-electron chi connectivity index (χ1n) is 6.31. The van der Waals surface area contributed by atoms with Crippen molar-refractivity contribution in [2.24, 2.45) is 5.92 Å². The van der Waals surface area contributed by atoms with Crippen LogP contribution in [0.25, 0.3) is 0 Å². The maximum atomic E-state index is 2.29. The molecule has 1 aliphatic rings. The molecule has 0 saturated heterocycles. The molecule has 0 nitrogen and oxygen atoms in total. The van der Waals surface area contributed by atoms with Crippen molar-refractivity contribution in [3.63, 3.8) is 0 Å². The van der Waals surface area contributed by atoms with Gasteiger partial charge in [0.25, 0.3) is 0 Å². The van der Waals surface area contributed by atoms with Crippen LogP contribution in [0.5, 0.6) is 0 Å². The van der Waals surface area contributed by atoms with Crippen LogP contribution in [0.15, 0.2) is 60.7 Å². The van der Waals surface area contributed by atoms with Crippen LogP contribution < -0.4 is 10.6 Å². The molecule has 0 radical (unpaired) electrons. The van der Waals surface area contributed by atoms with Crippen LogP contribution in [0.4, 0.5) is 0 Å². The number of rotatable bonds is 4. The topological polar surface area (TPSA) is 0 Å². The third kappa shape index (κ3) is 2.76. The molecular weight excluding hydrogens is 223 g/mol. The highest BCUT2D eigenvalue weighted by atomic mass is 31.1. The lowest BCUT2D eigenvalue weighted by Crippen LogP contribution is -2.14. The van der Waals surface area contributed by atoms with Crippen molar-refractivity contribution in [1.29, 1.82) is 0 Å². The first kappa shape index (κ1) is 11.0. The highest BCUT2D eigenvalue weighted by Crippen LogP contribution is 2.43. The molecule has 3 rings (SSSR count). The number of hydrogen-bond donors (Lipinski definition) is 0. The first-order valence-corrected chi connectivity index (χ1v) is 7.84. The molecule has 0 bridgehead atoms. The highest BCUT2D eigenvalue weighted by molar-refractivity contribution is 7.73. The summed E-state index contributed by atoms with van der Waals surface area (Å²) in [6.07, 6.45) is 4.26. The second kappa shape index (κ2) is 5.02. The molecule has 2 aromatic carbocycles. The molecule has 0 heterocycles. The van der Waals surface area contributed by atoms with Crippen LogP contribution in [-0.2, 0) is 0 Å². The van der Waals surface area contributed by atoms with Crippen molar-refractivity contribution in [3.05, 3.63) is 60.7 Å². The van der Waals surface area contributed by atoms with E-state index in [-0.39, 0.29) is 7.92 Å². The van der Waals surface area contributed by atoms with Gasteiger partial charge in [-0.1, -0.05) is 60.7 Å². The summed E-state index contributed by atoms with van der Waals surface area (Å²) in [7, 11) is -0.128. The smallest absolute Gasteiger partial charge is 0.0195 e. The van der Waals surface area contributed by atoms with Gasteiger partial charge in [-0.05, 0) is 43.5 Å². The van der Waals surface area contributed by atoms with Crippen molar-refractivity contribution in [2.45, 2.75) is 12.8 Å².